The molecule has 10 heteroatoms. The lowest BCUT2D eigenvalue weighted by Crippen LogP contribution is -2.38. The van der Waals surface area contributed by atoms with E-state index in [-0.39, 0.29) is 5.91 Å². The van der Waals surface area contributed by atoms with Crippen molar-refractivity contribution in [2.75, 3.05) is 18.9 Å². The summed E-state index contributed by atoms with van der Waals surface area (Å²) in [4.78, 5) is 23.4. The van der Waals surface area contributed by atoms with Gasteiger partial charge in [0.25, 0.3) is 0 Å². The van der Waals surface area contributed by atoms with Crippen LogP contribution in [0.2, 0.25) is 0 Å². The first-order chi connectivity index (χ1) is 12.1. The van der Waals surface area contributed by atoms with Gasteiger partial charge in [-0.1, -0.05) is 6.42 Å². The van der Waals surface area contributed by atoms with Crippen LogP contribution in [0.1, 0.15) is 38.2 Å². The lowest BCUT2D eigenvalue weighted by molar-refractivity contribution is -0.192. The van der Waals surface area contributed by atoms with E-state index in [0.717, 1.165) is 30.9 Å². The molecule has 1 aliphatic heterocycles. The molecule has 2 N–H and O–H groups in total. The number of carboxylic acid groups (broad SMARTS) is 1. The number of rotatable bonds is 4. The standard InChI is InChI=1S/C14H24N4O.C2HF3O2/c1-4-18-14(11(2)10-15-18)16-13(19)9-12-7-5-6-8-17(12)3;3-2(4,5)1(6)7/h10,12H,4-9H2,1-3H3,(H,16,19);(H,6,7). The second-order valence-corrected chi connectivity index (χ2v) is 6.18. The summed E-state index contributed by atoms with van der Waals surface area (Å²) in [6.07, 6.45) is 0.886. The molecule has 0 radical (unpaired) electrons. The predicted molar refractivity (Wildman–Crippen MR) is 89.8 cm³/mol. The number of hydrogen-bond donors (Lipinski definition) is 2. The van der Waals surface area contributed by atoms with E-state index in [1.165, 1.54) is 12.8 Å². The molecule has 148 valence electrons. The van der Waals surface area contributed by atoms with Gasteiger partial charge in [-0.15, -0.1) is 0 Å². The Morgan fingerprint density at radius 3 is 2.50 bits per heavy atom. The van der Waals surface area contributed by atoms with Crippen molar-refractivity contribution >= 4 is 17.7 Å². The molecule has 7 nitrogen and oxygen atoms in total. The number of aliphatic carboxylic acids is 1. The smallest absolute Gasteiger partial charge is 0.475 e. The number of aromatic nitrogens is 2. The number of carboxylic acids is 1. The largest absolute Gasteiger partial charge is 0.490 e. The van der Waals surface area contributed by atoms with E-state index in [2.05, 4.69) is 22.4 Å². The Labute approximate surface area is 150 Å². The molecule has 1 amide bonds. The first-order valence-electron chi connectivity index (χ1n) is 8.38. The van der Waals surface area contributed by atoms with Gasteiger partial charge in [-0.3, -0.25) is 4.79 Å². The monoisotopic (exact) mass is 378 g/mol. The molecular weight excluding hydrogens is 353 g/mol. The average molecular weight is 378 g/mol. The van der Waals surface area contributed by atoms with Gasteiger partial charge in [0, 0.05) is 24.6 Å². The van der Waals surface area contributed by atoms with Crippen LogP contribution in [0, 0.1) is 6.92 Å². The number of alkyl halides is 3. The van der Waals surface area contributed by atoms with Crippen molar-refractivity contribution in [3.05, 3.63) is 11.8 Å². The van der Waals surface area contributed by atoms with Crippen LogP contribution in [-0.2, 0) is 16.1 Å². The lowest BCUT2D eigenvalue weighted by Gasteiger charge is -2.31. The molecule has 0 bridgehead atoms. The minimum atomic E-state index is -5.08. The summed E-state index contributed by atoms with van der Waals surface area (Å²) >= 11 is 0. The van der Waals surface area contributed by atoms with Crippen molar-refractivity contribution < 1.29 is 27.9 Å². The van der Waals surface area contributed by atoms with Crippen molar-refractivity contribution in [3.63, 3.8) is 0 Å². The van der Waals surface area contributed by atoms with Gasteiger partial charge in [0.15, 0.2) is 0 Å². The number of carbonyl (C=O) groups is 2. The van der Waals surface area contributed by atoms with Crippen LogP contribution in [0.4, 0.5) is 19.0 Å². The highest BCUT2D eigenvalue weighted by Crippen LogP contribution is 2.19. The van der Waals surface area contributed by atoms with Crippen LogP contribution in [0.5, 0.6) is 0 Å². The van der Waals surface area contributed by atoms with Gasteiger partial charge in [0.05, 0.1) is 6.20 Å². The zero-order valence-electron chi connectivity index (χ0n) is 15.1. The Morgan fingerprint density at radius 1 is 1.38 bits per heavy atom. The molecule has 1 aliphatic rings. The fraction of sp³-hybridized carbons (Fsp3) is 0.688. The van der Waals surface area contributed by atoms with E-state index >= 15 is 0 Å². The number of hydrogen-bond acceptors (Lipinski definition) is 4. The Morgan fingerprint density at radius 2 is 2.00 bits per heavy atom. The maximum atomic E-state index is 12.2. The third-order valence-corrected chi connectivity index (χ3v) is 4.16. The van der Waals surface area contributed by atoms with Gasteiger partial charge >= 0.3 is 12.1 Å². The number of halogens is 3. The molecule has 2 rings (SSSR count). The molecule has 1 aromatic heterocycles. The lowest BCUT2D eigenvalue weighted by atomic mass is 10.00. The second-order valence-electron chi connectivity index (χ2n) is 6.18. The molecule has 1 saturated heterocycles. The SMILES string of the molecule is CCn1ncc(C)c1NC(=O)CC1CCCCN1C.O=C(O)C(F)(F)F. The van der Waals surface area contributed by atoms with Crippen LogP contribution < -0.4 is 5.32 Å². The second kappa shape index (κ2) is 9.56. The number of amides is 1. The Kier molecular flexibility index (Phi) is 8.07. The quantitative estimate of drug-likeness (QED) is 0.841. The topological polar surface area (TPSA) is 87.5 Å². The van der Waals surface area contributed by atoms with E-state index in [1.54, 1.807) is 6.20 Å². The zero-order chi connectivity index (χ0) is 19.9. The van der Waals surface area contributed by atoms with Crippen LogP contribution in [-0.4, -0.2) is 57.5 Å². The molecule has 0 aliphatic carbocycles. The highest BCUT2D eigenvalue weighted by molar-refractivity contribution is 5.90. The summed E-state index contributed by atoms with van der Waals surface area (Å²) in [5.74, 6) is -1.82. The molecular formula is C16H25F3N4O3. The number of aryl methyl sites for hydroxylation is 2. The van der Waals surface area contributed by atoms with Crippen LogP contribution in [0.3, 0.4) is 0 Å². The highest BCUT2D eigenvalue weighted by Gasteiger charge is 2.38. The van der Waals surface area contributed by atoms with Gasteiger partial charge in [-0.25, -0.2) is 9.48 Å². The van der Waals surface area contributed by atoms with Crippen LogP contribution in [0.15, 0.2) is 6.20 Å². The van der Waals surface area contributed by atoms with Gasteiger partial charge in [0.1, 0.15) is 5.82 Å². The normalized spacial score (nSPS) is 18.0. The van der Waals surface area contributed by atoms with E-state index in [0.29, 0.717) is 12.5 Å². The Bertz CT molecular complexity index is 616. The molecule has 0 saturated carbocycles. The summed E-state index contributed by atoms with van der Waals surface area (Å²) in [6, 6.07) is 0.382. The van der Waals surface area contributed by atoms with Crippen LogP contribution >= 0.6 is 0 Å². The summed E-state index contributed by atoms with van der Waals surface area (Å²) < 4.78 is 33.6. The van der Waals surface area contributed by atoms with Crippen molar-refractivity contribution in [2.24, 2.45) is 0 Å². The van der Waals surface area contributed by atoms with E-state index in [4.69, 9.17) is 9.90 Å². The summed E-state index contributed by atoms with van der Waals surface area (Å²) in [6.45, 7) is 5.87. The fourth-order valence-corrected chi connectivity index (χ4v) is 2.68. The molecule has 2 heterocycles. The first-order valence-corrected chi connectivity index (χ1v) is 8.38. The number of nitrogens with zero attached hydrogens (tertiary/aromatic N) is 3. The summed E-state index contributed by atoms with van der Waals surface area (Å²) in [7, 11) is 2.11. The van der Waals surface area contributed by atoms with Crippen molar-refractivity contribution in [1.29, 1.82) is 0 Å². The van der Waals surface area contributed by atoms with E-state index < -0.39 is 12.1 Å². The Balaban J connectivity index is 0.000000412. The molecule has 26 heavy (non-hydrogen) atoms. The predicted octanol–water partition coefficient (Wildman–Crippen LogP) is 2.66. The summed E-state index contributed by atoms with van der Waals surface area (Å²) in [5, 5.41) is 14.4. The van der Waals surface area contributed by atoms with Gasteiger partial charge in [0.2, 0.25) is 5.91 Å². The number of anilines is 1. The van der Waals surface area contributed by atoms with Crippen LogP contribution in [0.25, 0.3) is 0 Å². The van der Waals surface area contributed by atoms with E-state index in [9.17, 15) is 18.0 Å². The maximum Gasteiger partial charge on any atom is 0.490 e. The number of carbonyl (C=O) groups excluding carboxylic acids is 1. The van der Waals surface area contributed by atoms with E-state index in [1.807, 2.05) is 18.5 Å². The number of piperidine rings is 1. The summed E-state index contributed by atoms with van der Waals surface area (Å²) in [5.41, 5.74) is 1.02. The Hall–Kier alpha value is -2.10. The molecule has 1 fully saturated rings. The number of nitrogens with one attached hydrogen (secondary N) is 1. The highest BCUT2D eigenvalue weighted by atomic mass is 19.4. The van der Waals surface area contributed by atoms with Crippen molar-refractivity contribution in [3.8, 4) is 0 Å². The minimum absolute atomic E-state index is 0.0945. The first kappa shape index (κ1) is 21.9. The fourth-order valence-electron chi connectivity index (χ4n) is 2.68. The molecule has 1 atom stereocenters. The van der Waals surface area contributed by atoms with Crippen molar-refractivity contribution in [1.82, 2.24) is 14.7 Å². The molecule has 0 spiro atoms. The molecule has 1 aromatic rings. The van der Waals surface area contributed by atoms with Gasteiger partial charge < -0.3 is 15.3 Å². The molecule has 1 unspecified atom stereocenters. The average Bonchev–Trinajstić information content (AvgIpc) is 2.89. The maximum absolute atomic E-state index is 12.2. The minimum Gasteiger partial charge on any atom is -0.475 e. The third-order valence-electron chi connectivity index (χ3n) is 4.16. The van der Waals surface area contributed by atoms with Gasteiger partial charge in [-0.2, -0.15) is 18.3 Å². The third kappa shape index (κ3) is 6.66. The van der Waals surface area contributed by atoms with Gasteiger partial charge in [-0.05, 0) is 40.3 Å². The number of likely N-dealkylation sites (tertiary alicyclic amines) is 1. The van der Waals surface area contributed by atoms with Crippen molar-refractivity contribution in [2.45, 2.75) is 58.3 Å². The molecule has 0 aromatic carbocycles. The zero-order valence-corrected chi connectivity index (χ0v) is 15.1.